The standard InChI is InChI=1S/C15H17BrClN5OS/c1-9-14(16)10(2)22(21-9)7-6-13(23)19-20-15(24)18-12-5-3-4-11(17)8-12/h3-5,8H,6-7H2,1-2H3,(H,19,23)(H2,18,20,24). The van der Waals surface area contributed by atoms with Gasteiger partial charge in [0.2, 0.25) is 5.91 Å². The summed E-state index contributed by atoms with van der Waals surface area (Å²) in [7, 11) is 0. The highest BCUT2D eigenvalue weighted by atomic mass is 79.9. The second kappa shape index (κ2) is 8.46. The summed E-state index contributed by atoms with van der Waals surface area (Å²) in [4.78, 5) is 11.9. The third kappa shape index (κ3) is 5.19. The minimum Gasteiger partial charge on any atom is -0.331 e. The third-order valence-electron chi connectivity index (χ3n) is 3.24. The summed E-state index contributed by atoms with van der Waals surface area (Å²) in [6, 6.07) is 7.13. The maximum absolute atomic E-state index is 11.9. The van der Waals surface area contributed by atoms with Gasteiger partial charge in [-0.2, -0.15) is 5.10 Å². The molecule has 0 saturated heterocycles. The van der Waals surface area contributed by atoms with E-state index in [2.05, 4.69) is 37.2 Å². The Hall–Kier alpha value is -1.64. The van der Waals surface area contributed by atoms with Crippen molar-refractivity contribution in [3.8, 4) is 0 Å². The first-order valence-corrected chi connectivity index (χ1v) is 8.75. The molecule has 6 nitrogen and oxygen atoms in total. The summed E-state index contributed by atoms with van der Waals surface area (Å²) in [5.74, 6) is -0.186. The Kier molecular flexibility index (Phi) is 6.59. The van der Waals surface area contributed by atoms with Crippen LogP contribution in [0.25, 0.3) is 0 Å². The summed E-state index contributed by atoms with van der Waals surface area (Å²) in [6.45, 7) is 4.35. The van der Waals surface area contributed by atoms with Crippen LogP contribution in [0.1, 0.15) is 17.8 Å². The van der Waals surface area contributed by atoms with Crippen molar-refractivity contribution in [2.24, 2.45) is 0 Å². The quantitative estimate of drug-likeness (QED) is 0.513. The van der Waals surface area contributed by atoms with Crippen LogP contribution in [0.3, 0.4) is 0 Å². The average molecular weight is 431 g/mol. The number of aryl methyl sites for hydroxylation is 2. The molecule has 2 rings (SSSR count). The lowest BCUT2D eigenvalue weighted by Gasteiger charge is -2.12. The van der Waals surface area contributed by atoms with E-state index in [1.807, 2.05) is 19.9 Å². The fraction of sp³-hybridized carbons (Fsp3) is 0.267. The van der Waals surface area contributed by atoms with Gasteiger partial charge in [-0.15, -0.1) is 0 Å². The molecule has 0 aliphatic rings. The van der Waals surface area contributed by atoms with E-state index in [1.54, 1.807) is 22.9 Å². The van der Waals surface area contributed by atoms with E-state index in [0.29, 0.717) is 11.6 Å². The number of hydrogen-bond acceptors (Lipinski definition) is 3. The van der Waals surface area contributed by atoms with Crippen molar-refractivity contribution in [2.45, 2.75) is 26.8 Å². The Bertz CT molecular complexity index is 764. The average Bonchev–Trinajstić information content (AvgIpc) is 2.78. The number of thiocarbonyl (C=S) groups is 1. The zero-order chi connectivity index (χ0) is 17.7. The number of nitrogens with one attached hydrogen (secondary N) is 3. The van der Waals surface area contributed by atoms with Crippen molar-refractivity contribution < 1.29 is 4.79 Å². The number of carbonyl (C=O) groups is 1. The van der Waals surface area contributed by atoms with E-state index in [0.717, 1.165) is 21.5 Å². The second-order valence-electron chi connectivity index (χ2n) is 5.10. The smallest absolute Gasteiger partial charge is 0.240 e. The molecule has 0 bridgehead atoms. The van der Waals surface area contributed by atoms with Crippen molar-refractivity contribution in [3.05, 3.63) is 45.1 Å². The molecule has 1 aromatic carbocycles. The number of hydrazine groups is 1. The second-order valence-corrected chi connectivity index (χ2v) is 6.73. The number of aromatic nitrogens is 2. The molecule has 0 aliphatic carbocycles. The molecule has 1 amide bonds. The molecule has 0 spiro atoms. The Balaban J connectivity index is 1.76. The van der Waals surface area contributed by atoms with Gasteiger partial charge < -0.3 is 5.32 Å². The first-order valence-electron chi connectivity index (χ1n) is 7.17. The van der Waals surface area contributed by atoms with Gasteiger partial charge in [0.05, 0.1) is 16.7 Å². The molecule has 0 radical (unpaired) electrons. The van der Waals surface area contributed by atoms with Crippen LogP contribution in [0.5, 0.6) is 0 Å². The van der Waals surface area contributed by atoms with E-state index in [-0.39, 0.29) is 17.4 Å². The maximum atomic E-state index is 11.9. The zero-order valence-corrected chi connectivity index (χ0v) is 16.3. The Morgan fingerprint density at radius 2 is 2.12 bits per heavy atom. The predicted octanol–water partition coefficient (Wildman–Crippen LogP) is 3.32. The van der Waals surface area contributed by atoms with Crippen LogP contribution in [0.15, 0.2) is 28.7 Å². The molecule has 0 unspecified atom stereocenters. The lowest BCUT2D eigenvalue weighted by molar-refractivity contribution is -0.121. The number of anilines is 1. The lowest BCUT2D eigenvalue weighted by Crippen LogP contribution is -2.44. The first kappa shape index (κ1) is 18.7. The number of nitrogens with zero attached hydrogens (tertiary/aromatic N) is 2. The van der Waals surface area contributed by atoms with Gasteiger partial charge in [-0.05, 0) is 60.2 Å². The van der Waals surface area contributed by atoms with Gasteiger partial charge in [0.15, 0.2) is 5.11 Å². The first-order chi connectivity index (χ1) is 11.4. The van der Waals surface area contributed by atoms with Gasteiger partial charge in [-0.1, -0.05) is 17.7 Å². The third-order valence-corrected chi connectivity index (χ3v) is 4.83. The van der Waals surface area contributed by atoms with Crippen LogP contribution in [0.4, 0.5) is 5.69 Å². The van der Waals surface area contributed by atoms with Gasteiger partial charge in [0.25, 0.3) is 0 Å². The molecule has 0 fully saturated rings. The summed E-state index contributed by atoms with van der Waals surface area (Å²) >= 11 is 14.5. The highest BCUT2D eigenvalue weighted by molar-refractivity contribution is 9.10. The Labute approximate surface area is 159 Å². The van der Waals surface area contributed by atoms with Crippen molar-refractivity contribution in [1.29, 1.82) is 0 Å². The lowest BCUT2D eigenvalue weighted by atomic mass is 10.3. The van der Waals surface area contributed by atoms with Gasteiger partial charge in [-0.3, -0.25) is 20.3 Å². The largest absolute Gasteiger partial charge is 0.331 e. The van der Waals surface area contributed by atoms with Gasteiger partial charge >= 0.3 is 0 Å². The van der Waals surface area contributed by atoms with Crippen LogP contribution in [-0.4, -0.2) is 20.8 Å². The minimum atomic E-state index is -0.186. The fourth-order valence-corrected chi connectivity index (χ4v) is 2.66. The van der Waals surface area contributed by atoms with Crippen LogP contribution in [-0.2, 0) is 11.3 Å². The molecule has 128 valence electrons. The van der Waals surface area contributed by atoms with E-state index >= 15 is 0 Å². The minimum absolute atomic E-state index is 0.186. The van der Waals surface area contributed by atoms with Gasteiger partial charge in [0.1, 0.15) is 0 Å². The number of rotatable bonds is 4. The van der Waals surface area contributed by atoms with E-state index in [1.165, 1.54) is 0 Å². The van der Waals surface area contributed by atoms with Crippen LogP contribution >= 0.6 is 39.7 Å². The van der Waals surface area contributed by atoms with Crippen LogP contribution in [0, 0.1) is 13.8 Å². The summed E-state index contributed by atoms with van der Waals surface area (Å²) < 4.78 is 2.76. The van der Waals surface area contributed by atoms with Crippen molar-refractivity contribution in [1.82, 2.24) is 20.6 Å². The SMILES string of the molecule is Cc1nn(CCC(=O)NNC(=S)Nc2cccc(Cl)c2)c(C)c1Br. The zero-order valence-electron chi connectivity index (χ0n) is 13.2. The van der Waals surface area contributed by atoms with Gasteiger partial charge in [0, 0.05) is 22.8 Å². The van der Waals surface area contributed by atoms with E-state index in [4.69, 9.17) is 23.8 Å². The maximum Gasteiger partial charge on any atom is 0.240 e. The number of halogens is 2. The molecular formula is C15H17BrClN5OS. The summed E-state index contributed by atoms with van der Waals surface area (Å²) in [5.41, 5.74) is 7.84. The number of amides is 1. The Morgan fingerprint density at radius 1 is 1.38 bits per heavy atom. The molecule has 24 heavy (non-hydrogen) atoms. The molecule has 3 N–H and O–H groups in total. The van der Waals surface area contributed by atoms with Crippen molar-refractivity contribution in [2.75, 3.05) is 5.32 Å². The number of carbonyl (C=O) groups excluding carboxylic acids is 1. The normalized spacial score (nSPS) is 10.3. The summed E-state index contributed by atoms with van der Waals surface area (Å²) in [5, 5.41) is 8.17. The molecule has 2 aromatic rings. The van der Waals surface area contributed by atoms with E-state index < -0.39 is 0 Å². The number of benzene rings is 1. The molecule has 0 aliphatic heterocycles. The monoisotopic (exact) mass is 429 g/mol. The molecule has 0 saturated carbocycles. The molecule has 0 atom stereocenters. The summed E-state index contributed by atoms with van der Waals surface area (Å²) in [6.07, 6.45) is 0.279. The topological polar surface area (TPSA) is 71.0 Å². The molecule has 1 heterocycles. The van der Waals surface area contributed by atoms with Gasteiger partial charge in [-0.25, -0.2) is 0 Å². The highest BCUT2D eigenvalue weighted by Gasteiger charge is 2.10. The Morgan fingerprint density at radius 3 is 2.75 bits per heavy atom. The molecular weight excluding hydrogens is 414 g/mol. The predicted molar refractivity (Wildman–Crippen MR) is 103 cm³/mol. The van der Waals surface area contributed by atoms with Crippen molar-refractivity contribution >= 4 is 56.5 Å². The van der Waals surface area contributed by atoms with Crippen LogP contribution in [0.2, 0.25) is 5.02 Å². The molecule has 1 aromatic heterocycles. The number of hydrogen-bond donors (Lipinski definition) is 3. The fourth-order valence-electron chi connectivity index (χ4n) is 2.02. The molecule has 9 heteroatoms. The van der Waals surface area contributed by atoms with Crippen molar-refractivity contribution in [3.63, 3.8) is 0 Å². The highest BCUT2D eigenvalue weighted by Crippen LogP contribution is 2.19. The van der Waals surface area contributed by atoms with E-state index in [9.17, 15) is 4.79 Å². The van der Waals surface area contributed by atoms with Crippen LogP contribution < -0.4 is 16.2 Å².